The van der Waals surface area contributed by atoms with Crippen LogP contribution in [0.5, 0.6) is 0 Å². The van der Waals surface area contributed by atoms with E-state index in [9.17, 15) is 9.90 Å². The maximum Gasteiger partial charge on any atom is 0.366 e. The predicted octanol–water partition coefficient (Wildman–Crippen LogP) is 1.55. The van der Waals surface area contributed by atoms with Crippen LogP contribution in [0.25, 0.3) is 0 Å². The Hall–Kier alpha value is -0.653. The second-order valence-electron chi connectivity index (χ2n) is 3.76. The molecule has 0 saturated carbocycles. The first-order chi connectivity index (χ1) is 6.31. The number of hydrogen-bond donors (Lipinski definition) is 1. The van der Waals surface area contributed by atoms with Gasteiger partial charge < -0.3 is 9.99 Å². The molecule has 82 valence electrons. The summed E-state index contributed by atoms with van der Waals surface area (Å²) in [6.07, 6.45) is 0.587. The minimum Gasteiger partial charge on any atom is -0.394 e. The van der Waals surface area contributed by atoms with Gasteiger partial charge in [-0.3, -0.25) is 0 Å². The van der Waals surface area contributed by atoms with Gasteiger partial charge in [0.15, 0.2) is 0 Å². The molecule has 0 bridgehead atoms. The number of carbonyl (C=O) groups excluding carboxylic acids is 1. The van der Waals surface area contributed by atoms with Crippen LogP contribution in [0.3, 0.4) is 0 Å². The molecule has 0 radical (unpaired) electrons. The molecule has 0 saturated heterocycles. The molecule has 0 aromatic heterocycles. The van der Waals surface area contributed by atoms with Crippen LogP contribution in [-0.2, 0) is 14.3 Å². The lowest BCUT2D eigenvalue weighted by molar-refractivity contribution is -0.217. The zero-order valence-electron chi connectivity index (χ0n) is 9.16. The highest BCUT2D eigenvalue weighted by atomic mass is 28.4. The van der Waals surface area contributed by atoms with Crippen LogP contribution >= 0.6 is 0 Å². The van der Waals surface area contributed by atoms with E-state index in [0.29, 0.717) is 6.42 Å². The number of carbonyl (C=O) groups is 1. The molecule has 4 nitrogen and oxygen atoms in total. The van der Waals surface area contributed by atoms with Gasteiger partial charge in [0, 0.05) is 5.57 Å². The van der Waals surface area contributed by atoms with Crippen LogP contribution in [0.1, 0.15) is 20.3 Å². The number of rotatable bonds is 5. The summed E-state index contributed by atoms with van der Waals surface area (Å²) in [6, 6.07) is 0. The van der Waals surface area contributed by atoms with Gasteiger partial charge in [0.1, 0.15) is 0 Å². The van der Waals surface area contributed by atoms with Gasteiger partial charge in [0.2, 0.25) is 0 Å². The summed E-state index contributed by atoms with van der Waals surface area (Å²) in [5, 5.41) is 9.56. The Bertz CT molecular complexity index is 225. The molecule has 0 spiro atoms. The summed E-state index contributed by atoms with van der Waals surface area (Å²) in [7, 11) is -2.34. The summed E-state index contributed by atoms with van der Waals surface area (Å²) in [4.78, 5) is 15.5. The molecule has 0 heterocycles. The van der Waals surface area contributed by atoms with Crippen LogP contribution in [0.2, 0.25) is 13.1 Å². The summed E-state index contributed by atoms with van der Waals surface area (Å²) in [5.74, 6) is -0.589. The minimum atomic E-state index is -2.34. The zero-order valence-corrected chi connectivity index (χ0v) is 10.2. The Morgan fingerprint density at radius 2 is 2.07 bits per heavy atom. The van der Waals surface area contributed by atoms with Crippen molar-refractivity contribution in [1.29, 1.82) is 0 Å². The van der Waals surface area contributed by atoms with Gasteiger partial charge in [-0.05, 0) is 26.4 Å². The van der Waals surface area contributed by atoms with Crippen molar-refractivity contribution in [3.8, 4) is 0 Å². The zero-order chi connectivity index (χ0) is 11.4. The molecule has 0 aromatic carbocycles. The fraction of sp³-hybridized carbons (Fsp3) is 0.667. The maximum atomic E-state index is 11.0. The summed E-state index contributed by atoms with van der Waals surface area (Å²) < 4.78 is 4.98. The van der Waals surface area contributed by atoms with Gasteiger partial charge in [-0.1, -0.05) is 13.5 Å². The van der Waals surface area contributed by atoms with E-state index < -0.39 is 20.0 Å². The predicted molar refractivity (Wildman–Crippen MR) is 55.8 cm³/mol. The third kappa shape index (κ3) is 4.04. The lowest BCUT2D eigenvalue weighted by atomic mass is 10.4. The third-order valence-corrected chi connectivity index (χ3v) is 4.40. The molecule has 1 atom stereocenters. The molecule has 1 N–H and O–H groups in total. The lowest BCUT2D eigenvalue weighted by Gasteiger charge is -2.24. The summed E-state index contributed by atoms with van der Waals surface area (Å²) in [5.41, 5.74) is -0.263. The highest BCUT2D eigenvalue weighted by molar-refractivity contribution is 6.72. The lowest BCUT2D eigenvalue weighted by Crippen LogP contribution is -2.45. The van der Waals surface area contributed by atoms with Gasteiger partial charge in [-0.25, -0.2) is 9.37 Å². The maximum absolute atomic E-state index is 11.0. The van der Waals surface area contributed by atoms with Gasteiger partial charge >= 0.3 is 5.97 Å². The molecule has 0 aliphatic heterocycles. The van der Waals surface area contributed by atoms with E-state index in [1.54, 1.807) is 13.1 Å². The van der Waals surface area contributed by atoms with E-state index in [4.69, 9.17) is 4.58 Å². The molecule has 0 amide bonds. The highest BCUT2D eigenvalue weighted by Gasteiger charge is 2.34. The van der Waals surface area contributed by atoms with E-state index in [2.05, 4.69) is 11.5 Å². The largest absolute Gasteiger partial charge is 0.394 e. The van der Waals surface area contributed by atoms with Gasteiger partial charge in [-0.2, -0.15) is 0 Å². The van der Waals surface area contributed by atoms with Crippen molar-refractivity contribution >= 4 is 14.3 Å². The Morgan fingerprint density at radius 1 is 1.57 bits per heavy atom. The Balaban J connectivity index is 4.11. The van der Waals surface area contributed by atoms with Gasteiger partial charge in [-0.15, -0.1) is 0 Å². The quantitative estimate of drug-likeness (QED) is 0.329. The molecule has 0 fully saturated rings. The molecule has 0 aliphatic carbocycles. The summed E-state index contributed by atoms with van der Waals surface area (Å²) >= 11 is 0. The smallest absolute Gasteiger partial charge is 0.366 e. The number of hydrogen-bond acceptors (Lipinski definition) is 4. The van der Waals surface area contributed by atoms with E-state index >= 15 is 0 Å². The van der Waals surface area contributed by atoms with E-state index in [1.807, 2.05) is 6.92 Å². The Kier molecular flexibility index (Phi) is 5.04. The Morgan fingerprint density at radius 3 is 2.43 bits per heavy atom. The van der Waals surface area contributed by atoms with Crippen LogP contribution in [-0.4, -0.2) is 25.1 Å². The van der Waals surface area contributed by atoms with Crippen molar-refractivity contribution in [2.45, 2.75) is 39.1 Å². The van der Waals surface area contributed by atoms with Gasteiger partial charge in [0.25, 0.3) is 8.32 Å². The first-order valence-corrected chi connectivity index (χ1v) is 7.53. The molecule has 1 unspecified atom stereocenters. The normalized spacial score (nSPS) is 13.5. The van der Waals surface area contributed by atoms with Gasteiger partial charge in [0.05, 0.1) is 5.73 Å². The average molecular weight is 218 g/mol. The molecule has 5 heteroatoms. The van der Waals surface area contributed by atoms with Crippen molar-refractivity contribution in [2.75, 3.05) is 0 Å². The highest BCUT2D eigenvalue weighted by Crippen LogP contribution is 2.14. The fourth-order valence-corrected chi connectivity index (χ4v) is 2.15. The van der Waals surface area contributed by atoms with Crippen LogP contribution in [0.4, 0.5) is 0 Å². The SMILES string of the molecule is C=C(C)C(=O)OO[Si](C)(C)C(O)CC. The second-order valence-corrected chi connectivity index (χ2v) is 7.80. The van der Waals surface area contributed by atoms with Crippen LogP contribution < -0.4 is 0 Å². The Labute approximate surface area is 85.6 Å². The molecular weight excluding hydrogens is 200 g/mol. The molecule has 0 aliphatic rings. The van der Waals surface area contributed by atoms with Crippen LogP contribution in [0, 0.1) is 0 Å². The van der Waals surface area contributed by atoms with E-state index in [-0.39, 0.29) is 5.57 Å². The van der Waals surface area contributed by atoms with Crippen LogP contribution in [0.15, 0.2) is 12.2 Å². The molecule has 0 rings (SSSR count). The van der Waals surface area contributed by atoms with Crippen molar-refractivity contribution in [2.24, 2.45) is 0 Å². The van der Waals surface area contributed by atoms with E-state index in [1.165, 1.54) is 6.92 Å². The minimum absolute atomic E-state index is 0.279. The molecule has 14 heavy (non-hydrogen) atoms. The standard InChI is InChI=1S/C9H18O4Si/c1-6-8(10)14(4,5)13-12-9(11)7(2)3/h8,10H,2,6H2,1,3-5H3. The van der Waals surface area contributed by atoms with E-state index in [0.717, 1.165) is 0 Å². The second kappa shape index (κ2) is 5.28. The number of aliphatic hydroxyl groups is 1. The molecule has 0 aromatic rings. The van der Waals surface area contributed by atoms with Crippen molar-refractivity contribution in [3.05, 3.63) is 12.2 Å². The fourth-order valence-electron chi connectivity index (χ4n) is 0.763. The first kappa shape index (κ1) is 13.3. The number of aliphatic hydroxyl groups excluding tert-OH is 1. The monoisotopic (exact) mass is 218 g/mol. The van der Waals surface area contributed by atoms with Crippen molar-refractivity contribution < 1.29 is 19.4 Å². The average Bonchev–Trinajstić information content (AvgIpc) is 2.12. The summed E-state index contributed by atoms with van der Waals surface area (Å²) in [6.45, 7) is 10.4. The molecular formula is C9H18O4Si. The van der Waals surface area contributed by atoms with Crippen molar-refractivity contribution in [1.82, 2.24) is 0 Å². The first-order valence-electron chi connectivity index (χ1n) is 4.54. The van der Waals surface area contributed by atoms with Crippen molar-refractivity contribution in [3.63, 3.8) is 0 Å². The third-order valence-electron chi connectivity index (χ3n) is 1.87. The topological polar surface area (TPSA) is 55.8 Å².